The number of nitrogens with zero attached hydrogens (tertiary/aromatic N) is 1. The second-order valence-corrected chi connectivity index (χ2v) is 4.91. The Balaban J connectivity index is 1.94. The first-order chi connectivity index (χ1) is 11.1. The van der Waals surface area contributed by atoms with Gasteiger partial charge < -0.3 is 9.84 Å². The number of halogens is 2. The molecule has 0 fully saturated rings. The molecule has 0 saturated carbocycles. The van der Waals surface area contributed by atoms with Crippen molar-refractivity contribution in [3.8, 4) is 11.3 Å². The van der Waals surface area contributed by atoms with Crippen LogP contribution in [0.25, 0.3) is 11.3 Å². The van der Waals surface area contributed by atoms with Crippen molar-refractivity contribution in [3.05, 3.63) is 71.5 Å². The van der Waals surface area contributed by atoms with Gasteiger partial charge in [0.25, 0.3) is 5.91 Å². The predicted octanol–water partition coefficient (Wildman–Crippen LogP) is 4.18. The molecule has 6 heteroatoms. The van der Waals surface area contributed by atoms with Gasteiger partial charge in [0, 0.05) is 17.3 Å². The maximum absolute atomic E-state index is 13.2. The Labute approximate surface area is 130 Å². The van der Waals surface area contributed by atoms with Crippen molar-refractivity contribution in [3.63, 3.8) is 0 Å². The number of hydrogen-bond acceptors (Lipinski definition) is 3. The van der Waals surface area contributed by atoms with Crippen LogP contribution in [0.15, 0.2) is 53.1 Å². The molecule has 3 aromatic rings. The summed E-state index contributed by atoms with van der Waals surface area (Å²) in [5, 5.41) is 6.43. The molecule has 0 unspecified atom stereocenters. The number of carbonyl (C=O) groups excluding carboxylic acids is 1. The van der Waals surface area contributed by atoms with E-state index < -0.39 is 17.5 Å². The van der Waals surface area contributed by atoms with Crippen molar-refractivity contribution in [2.24, 2.45) is 0 Å². The van der Waals surface area contributed by atoms with E-state index in [1.807, 2.05) is 18.2 Å². The number of rotatable bonds is 3. The Morgan fingerprint density at radius 3 is 2.52 bits per heavy atom. The van der Waals surface area contributed by atoms with Crippen LogP contribution in [-0.4, -0.2) is 11.1 Å². The Morgan fingerprint density at radius 2 is 1.83 bits per heavy atom. The molecule has 0 aliphatic carbocycles. The molecule has 1 N–H and O–H groups in total. The minimum atomic E-state index is -1.03. The first-order valence-corrected chi connectivity index (χ1v) is 6.84. The number of hydrogen-bond donors (Lipinski definition) is 1. The molecule has 3 rings (SSSR count). The average molecular weight is 314 g/mol. The maximum Gasteiger partial charge on any atom is 0.261 e. The van der Waals surface area contributed by atoms with E-state index in [-0.39, 0.29) is 11.3 Å². The fourth-order valence-corrected chi connectivity index (χ4v) is 2.20. The van der Waals surface area contributed by atoms with Gasteiger partial charge in [0.15, 0.2) is 11.6 Å². The Bertz CT molecular complexity index is 860. The van der Waals surface area contributed by atoms with Gasteiger partial charge >= 0.3 is 0 Å². The van der Waals surface area contributed by atoms with Gasteiger partial charge in [-0.25, -0.2) is 8.78 Å². The Kier molecular flexibility index (Phi) is 3.89. The summed E-state index contributed by atoms with van der Waals surface area (Å²) in [6, 6.07) is 12.2. The van der Waals surface area contributed by atoms with Gasteiger partial charge in [0.2, 0.25) is 0 Å². The number of amides is 1. The molecule has 2 aromatic carbocycles. The van der Waals surface area contributed by atoms with E-state index >= 15 is 0 Å². The normalized spacial score (nSPS) is 10.6. The molecule has 0 atom stereocenters. The predicted molar refractivity (Wildman–Crippen MR) is 81.0 cm³/mol. The van der Waals surface area contributed by atoms with Crippen molar-refractivity contribution in [1.82, 2.24) is 5.16 Å². The van der Waals surface area contributed by atoms with Gasteiger partial charge in [0.1, 0.15) is 17.0 Å². The topological polar surface area (TPSA) is 55.1 Å². The van der Waals surface area contributed by atoms with Gasteiger partial charge in [-0.2, -0.15) is 0 Å². The minimum absolute atomic E-state index is 0.147. The summed E-state index contributed by atoms with van der Waals surface area (Å²) < 4.78 is 31.3. The zero-order chi connectivity index (χ0) is 16.4. The number of benzene rings is 2. The summed E-state index contributed by atoms with van der Waals surface area (Å²) in [5.41, 5.74) is 1.51. The van der Waals surface area contributed by atoms with E-state index in [0.717, 1.165) is 17.7 Å². The average Bonchev–Trinajstić information content (AvgIpc) is 2.93. The second-order valence-electron chi connectivity index (χ2n) is 4.91. The number of carbonyl (C=O) groups is 1. The van der Waals surface area contributed by atoms with Crippen LogP contribution >= 0.6 is 0 Å². The van der Waals surface area contributed by atoms with Crippen LogP contribution in [0.5, 0.6) is 0 Å². The van der Waals surface area contributed by atoms with E-state index in [2.05, 4.69) is 10.5 Å². The third-order valence-electron chi connectivity index (χ3n) is 3.31. The van der Waals surface area contributed by atoms with Gasteiger partial charge in [-0.15, -0.1) is 0 Å². The van der Waals surface area contributed by atoms with Crippen molar-refractivity contribution in [2.75, 3.05) is 5.32 Å². The van der Waals surface area contributed by atoms with Crippen LogP contribution in [0, 0.1) is 18.6 Å². The number of anilines is 1. The Morgan fingerprint density at radius 1 is 1.09 bits per heavy atom. The van der Waals surface area contributed by atoms with Crippen LogP contribution in [0.2, 0.25) is 0 Å². The van der Waals surface area contributed by atoms with Crippen molar-refractivity contribution < 1.29 is 18.1 Å². The molecule has 23 heavy (non-hydrogen) atoms. The van der Waals surface area contributed by atoms with E-state index in [1.165, 1.54) is 6.07 Å². The van der Waals surface area contributed by atoms with Crippen molar-refractivity contribution in [2.45, 2.75) is 6.92 Å². The highest BCUT2D eigenvalue weighted by Crippen LogP contribution is 2.26. The van der Waals surface area contributed by atoms with Crippen LogP contribution in [0.1, 0.15) is 16.1 Å². The van der Waals surface area contributed by atoms with Crippen LogP contribution in [0.3, 0.4) is 0 Å². The highest BCUT2D eigenvalue weighted by molar-refractivity contribution is 6.08. The Hall–Kier alpha value is -3.02. The standard InChI is InChI=1S/C17H12F2N2O2/c1-10-15(16(21-23-10)11-5-3-2-4-6-11)17(22)20-12-7-8-13(18)14(19)9-12/h2-9H,1H3,(H,20,22). The number of nitrogens with one attached hydrogen (secondary N) is 1. The molecule has 0 bridgehead atoms. The van der Waals surface area contributed by atoms with Crippen LogP contribution in [-0.2, 0) is 0 Å². The third kappa shape index (κ3) is 2.96. The largest absolute Gasteiger partial charge is 0.360 e. The molecule has 4 nitrogen and oxygen atoms in total. The molecule has 0 saturated heterocycles. The first kappa shape index (κ1) is 14.9. The fraction of sp³-hybridized carbons (Fsp3) is 0.0588. The minimum Gasteiger partial charge on any atom is -0.360 e. The summed E-state index contributed by atoms with van der Waals surface area (Å²) in [6.45, 7) is 1.61. The smallest absolute Gasteiger partial charge is 0.261 e. The zero-order valence-electron chi connectivity index (χ0n) is 12.1. The molecule has 0 aliphatic heterocycles. The molecule has 1 heterocycles. The summed E-state index contributed by atoms with van der Waals surface area (Å²) in [4.78, 5) is 12.5. The molecular formula is C17H12F2N2O2. The number of aromatic nitrogens is 1. The molecule has 116 valence electrons. The third-order valence-corrected chi connectivity index (χ3v) is 3.31. The molecule has 0 spiro atoms. The highest BCUT2D eigenvalue weighted by atomic mass is 19.2. The van der Waals surface area contributed by atoms with Crippen molar-refractivity contribution >= 4 is 11.6 Å². The molecule has 0 radical (unpaired) electrons. The van der Waals surface area contributed by atoms with E-state index in [1.54, 1.807) is 19.1 Å². The van der Waals surface area contributed by atoms with E-state index in [4.69, 9.17) is 4.52 Å². The molecular weight excluding hydrogens is 302 g/mol. The molecule has 1 aromatic heterocycles. The molecule has 0 aliphatic rings. The summed E-state index contributed by atoms with van der Waals surface area (Å²) in [7, 11) is 0. The SMILES string of the molecule is Cc1onc(-c2ccccc2)c1C(=O)Nc1ccc(F)c(F)c1. The molecule has 1 amide bonds. The fourth-order valence-electron chi connectivity index (χ4n) is 2.20. The second kappa shape index (κ2) is 6.00. The quantitative estimate of drug-likeness (QED) is 0.789. The lowest BCUT2D eigenvalue weighted by molar-refractivity contribution is 0.102. The monoisotopic (exact) mass is 314 g/mol. The lowest BCUT2D eigenvalue weighted by atomic mass is 10.1. The summed E-state index contributed by atoms with van der Waals surface area (Å²) in [5.74, 6) is -2.18. The van der Waals surface area contributed by atoms with Gasteiger partial charge in [-0.05, 0) is 19.1 Å². The highest BCUT2D eigenvalue weighted by Gasteiger charge is 2.21. The van der Waals surface area contributed by atoms with E-state index in [0.29, 0.717) is 11.5 Å². The van der Waals surface area contributed by atoms with Crippen molar-refractivity contribution in [1.29, 1.82) is 0 Å². The lowest BCUT2D eigenvalue weighted by Gasteiger charge is -2.06. The van der Waals surface area contributed by atoms with Crippen LogP contribution < -0.4 is 5.32 Å². The maximum atomic E-state index is 13.2. The van der Waals surface area contributed by atoms with Gasteiger partial charge in [-0.1, -0.05) is 35.5 Å². The van der Waals surface area contributed by atoms with Crippen LogP contribution in [0.4, 0.5) is 14.5 Å². The zero-order valence-corrected chi connectivity index (χ0v) is 12.1. The first-order valence-electron chi connectivity index (χ1n) is 6.84. The van der Waals surface area contributed by atoms with Gasteiger partial charge in [-0.3, -0.25) is 4.79 Å². The van der Waals surface area contributed by atoms with Gasteiger partial charge in [0.05, 0.1) is 0 Å². The van der Waals surface area contributed by atoms with E-state index in [9.17, 15) is 13.6 Å². The number of aryl methyl sites for hydroxylation is 1. The summed E-state index contributed by atoms with van der Waals surface area (Å²) >= 11 is 0. The summed E-state index contributed by atoms with van der Waals surface area (Å²) in [6.07, 6.45) is 0. The lowest BCUT2D eigenvalue weighted by Crippen LogP contribution is -2.13.